The zero-order valence-electron chi connectivity index (χ0n) is 19.5. The van der Waals surface area contributed by atoms with Crippen LogP contribution in [0.15, 0.2) is 60.7 Å². The number of aromatic nitrogens is 2. The number of ether oxygens (including phenoxy) is 1. The minimum absolute atomic E-state index is 0.0507. The van der Waals surface area contributed by atoms with Gasteiger partial charge in [0, 0.05) is 38.3 Å². The highest BCUT2D eigenvalue weighted by Crippen LogP contribution is 2.36. The summed E-state index contributed by atoms with van der Waals surface area (Å²) in [6.45, 7) is 1.80. The minimum atomic E-state index is -3.28. The van der Waals surface area contributed by atoms with E-state index in [0.717, 1.165) is 17.8 Å². The summed E-state index contributed by atoms with van der Waals surface area (Å²) in [6, 6.07) is 19.1. The molecule has 0 saturated carbocycles. The number of fused-ring (bicyclic) bond motifs is 1. The lowest BCUT2D eigenvalue weighted by atomic mass is 9.79. The predicted molar refractivity (Wildman–Crippen MR) is 133 cm³/mol. The van der Waals surface area contributed by atoms with E-state index >= 15 is 0 Å². The van der Waals surface area contributed by atoms with Crippen LogP contribution in [0.25, 0.3) is 5.69 Å². The Morgan fingerprint density at radius 1 is 1.14 bits per heavy atom. The van der Waals surface area contributed by atoms with Gasteiger partial charge in [-0.25, -0.2) is 17.9 Å². The summed E-state index contributed by atoms with van der Waals surface area (Å²) in [5, 5.41) is 14.1. The Morgan fingerprint density at radius 2 is 1.86 bits per heavy atom. The minimum Gasteiger partial charge on any atom is -0.385 e. The summed E-state index contributed by atoms with van der Waals surface area (Å²) in [4.78, 5) is 13.5. The smallest absolute Gasteiger partial charge is 0.320 e. The number of para-hydroxylation sites is 1. The average molecular weight is 496 g/mol. The van der Waals surface area contributed by atoms with E-state index < -0.39 is 21.4 Å². The van der Waals surface area contributed by atoms with Crippen molar-refractivity contribution in [3.63, 3.8) is 0 Å². The fourth-order valence-electron chi connectivity index (χ4n) is 5.11. The number of anilines is 1. The van der Waals surface area contributed by atoms with Crippen molar-refractivity contribution in [3.8, 4) is 5.69 Å². The number of hydrogen-bond donors (Lipinski definition) is 3. The second-order valence-corrected chi connectivity index (χ2v) is 11.2. The van der Waals surface area contributed by atoms with Gasteiger partial charge in [0.15, 0.2) is 9.84 Å². The SMILES string of the molecule is COCC[C@@]1(NC(=O)Nc2c3c(nn2-c2ccccc2)CS(=O)(=O)C3)CNC[C@H]1c1ccccc1. The van der Waals surface area contributed by atoms with Gasteiger partial charge in [0.1, 0.15) is 5.82 Å². The van der Waals surface area contributed by atoms with Gasteiger partial charge in [-0.1, -0.05) is 48.5 Å². The molecule has 0 spiro atoms. The van der Waals surface area contributed by atoms with E-state index in [1.165, 1.54) is 0 Å². The van der Waals surface area contributed by atoms with Gasteiger partial charge >= 0.3 is 6.03 Å². The third-order valence-electron chi connectivity index (χ3n) is 6.79. The molecule has 9 nitrogen and oxygen atoms in total. The van der Waals surface area contributed by atoms with E-state index in [4.69, 9.17) is 4.74 Å². The maximum Gasteiger partial charge on any atom is 0.320 e. The first-order valence-corrected chi connectivity index (χ1v) is 13.4. The molecule has 10 heteroatoms. The van der Waals surface area contributed by atoms with E-state index in [1.807, 2.05) is 48.5 Å². The lowest BCUT2D eigenvalue weighted by Gasteiger charge is -2.36. The van der Waals surface area contributed by atoms with Crippen LogP contribution in [0.3, 0.4) is 0 Å². The Labute approximate surface area is 204 Å². The van der Waals surface area contributed by atoms with Crippen LogP contribution in [0.5, 0.6) is 0 Å². The number of carbonyl (C=O) groups is 1. The first-order chi connectivity index (χ1) is 16.9. The molecule has 2 aliphatic rings. The monoisotopic (exact) mass is 495 g/mol. The Balaban J connectivity index is 1.46. The molecule has 2 aromatic carbocycles. The van der Waals surface area contributed by atoms with Crippen molar-refractivity contribution in [2.45, 2.75) is 29.4 Å². The van der Waals surface area contributed by atoms with Gasteiger partial charge in [0.25, 0.3) is 0 Å². The Hall–Kier alpha value is -3.21. The van der Waals surface area contributed by atoms with Crippen LogP contribution >= 0.6 is 0 Å². The highest BCUT2D eigenvalue weighted by Gasteiger charge is 2.45. The van der Waals surface area contributed by atoms with Crippen molar-refractivity contribution in [2.75, 3.05) is 32.1 Å². The maximum atomic E-state index is 13.5. The molecule has 2 atom stereocenters. The van der Waals surface area contributed by atoms with Gasteiger partial charge in [-0.3, -0.25) is 5.32 Å². The Kier molecular flexibility index (Phi) is 6.35. The summed E-state index contributed by atoms with van der Waals surface area (Å²) in [6.07, 6.45) is 0.619. The summed E-state index contributed by atoms with van der Waals surface area (Å²) in [5.41, 5.74) is 2.32. The number of hydrogen-bond acceptors (Lipinski definition) is 6. The van der Waals surface area contributed by atoms with E-state index in [9.17, 15) is 13.2 Å². The average Bonchev–Trinajstić information content (AvgIpc) is 3.50. The Bertz CT molecular complexity index is 1310. The fourth-order valence-corrected chi connectivity index (χ4v) is 6.61. The molecular formula is C25H29N5O4S. The molecule has 5 rings (SSSR count). The van der Waals surface area contributed by atoms with E-state index in [-0.39, 0.29) is 17.4 Å². The molecule has 1 saturated heterocycles. The molecular weight excluding hydrogens is 466 g/mol. The van der Waals surface area contributed by atoms with Crippen molar-refractivity contribution < 1.29 is 17.9 Å². The second-order valence-electron chi connectivity index (χ2n) is 9.13. The van der Waals surface area contributed by atoms with Crippen molar-refractivity contribution in [2.24, 2.45) is 0 Å². The quantitative estimate of drug-likeness (QED) is 0.464. The molecule has 0 radical (unpaired) electrons. The highest BCUT2D eigenvalue weighted by atomic mass is 32.2. The molecule has 0 bridgehead atoms. The van der Waals surface area contributed by atoms with Gasteiger partial charge in [0.2, 0.25) is 0 Å². The fraction of sp³-hybridized carbons (Fsp3) is 0.360. The molecule has 3 aromatic rings. The molecule has 1 fully saturated rings. The van der Waals surface area contributed by atoms with Gasteiger partial charge in [0.05, 0.1) is 28.4 Å². The maximum absolute atomic E-state index is 13.5. The number of carbonyl (C=O) groups excluding carboxylic acids is 1. The third-order valence-corrected chi connectivity index (χ3v) is 8.23. The normalized spacial score (nSPS) is 22.6. The highest BCUT2D eigenvalue weighted by molar-refractivity contribution is 7.90. The van der Waals surface area contributed by atoms with Crippen LogP contribution in [0.1, 0.15) is 29.2 Å². The number of urea groups is 1. The van der Waals surface area contributed by atoms with Gasteiger partial charge in [-0.05, 0) is 24.1 Å². The molecule has 2 amide bonds. The first kappa shape index (κ1) is 23.5. The van der Waals surface area contributed by atoms with Crippen LogP contribution in [-0.2, 0) is 26.1 Å². The largest absolute Gasteiger partial charge is 0.385 e. The predicted octanol–water partition coefficient (Wildman–Crippen LogP) is 2.58. The topological polar surface area (TPSA) is 114 Å². The van der Waals surface area contributed by atoms with Crippen molar-refractivity contribution in [1.29, 1.82) is 0 Å². The van der Waals surface area contributed by atoms with E-state index in [0.29, 0.717) is 36.6 Å². The third kappa shape index (κ3) is 4.69. The van der Waals surface area contributed by atoms with Crippen LogP contribution in [0.4, 0.5) is 10.6 Å². The van der Waals surface area contributed by atoms with Crippen molar-refractivity contribution in [3.05, 3.63) is 77.5 Å². The molecule has 3 N–H and O–H groups in total. The number of sulfone groups is 1. The van der Waals surface area contributed by atoms with Crippen molar-refractivity contribution >= 4 is 21.7 Å². The van der Waals surface area contributed by atoms with Crippen LogP contribution < -0.4 is 16.0 Å². The number of benzene rings is 2. The summed E-state index contributed by atoms with van der Waals surface area (Å²) < 4.78 is 31.6. The molecule has 1 aromatic heterocycles. The zero-order chi connectivity index (χ0) is 24.5. The van der Waals surface area contributed by atoms with Gasteiger partial charge in [-0.15, -0.1) is 0 Å². The van der Waals surface area contributed by atoms with Crippen LogP contribution in [0, 0.1) is 0 Å². The number of amides is 2. The first-order valence-electron chi connectivity index (χ1n) is 11.6. The standard InChI is InChI=1S/C25H29N5O4S/c1-34-13-12-25(17-26-14-21(25)18-8-4-2-5-9-18)28-24(31)27-23-20-15-35(32,33)16-22(20)29-30(23)19-10-6-3-7-11-19/h2-11,21,26H,12-17H2,1H3,(H2,27,28,31)/t21-,25+/m0/s1. The molecule has 0 aliphatic carbocycles. The summed E-state index contributed by atoms with van der Waals surface area (Å²) in [5.74, 6) is 0.160. The lowest BCUT2D eigenvalue weighted by Crippen LogP contribution is -2.55. The number of rotatable bonds is 7. The number of nitrogens with zero attached hydrogens (tertiary/aromatic N) is 2. The summed E-state index contributed by atoms with van der Waals surface area (Å²) >= 11 is 0. The summed E-state index contributed by atoms with van der Waals surface area (Å²) in [7, 11) is -1.64. The lowest BCUT2D eigenvalue weighted by molar-refractivity contribution is 0.155. The molecule has 184 valence electrons. The number of methoxy groups -OCH3 is 1. The Morgan fingerprint density at radius 3 is 2.57 bits per heavy atom. The van der Waals surface area contributed by atoms with E-state index in [2.05, 4.69) is 33.2 Å². The molecule has 2 aliphatic heterocycles. The van der Waals surface area contributed by atoms with Crippen LogP contribution in [0.2, 0.25) is 0 Å². The number of nitrogens with one attached hydrogen (secondary N) is 3. The molecule has 0 unspecified atom stereocenters. The molecule has 3 heterocycles. The van der Waals surface area contributed by atoms with E-state index in [1.54, 1.807) is 11.8 Å². The van der Waals surface area contributed by atoms with Gasteiger partial charge in [-0.2, -0.15) is 5.10 Å². The van der Waals surface area contributed by atoms with Crippen LogP contribution in [-0.4, -0.2) is 56.6 Å². The second kappa shape index (κ2) is 9.44. The van der Waals surface area contributed by atoms with Crippen molar-refractivity contribution in [1.82, 2.24) is 20.4 Å². The van der Waals surface area contributed by atoms with Gasteiger partial charge < -0.3 is 15.4 Å². The zero-order valence-corrected chi connectivity index (χ0v) is 20.3. The molecule has 35 heavy (non-hydrogen) atoms.